The Balaban J connectivity index is 1.28. The van der Waals surface area contributed by atoms with Crippen LogP contribution >= 0.6 is 0 Å². The zero-order valence-corrected chi connectivity index (χ0v) is 15.4. The van der Waals surface area contributed by atoms with E-state index in [9.17, 15) is 4.79 Å². The number of hydrogen-bond acceptors (Lipinski definition) is 4. The summed E-state index contributed by atoms with van der Waals surface area (Å²) in [5.41, 5.74) is 5.05. The molecule has 5 heteroatoms. The number of benzene rings is 1. The second-order valence-electron chi connectivity index (χ2n) is 7.30. The highest BCUT2D eigenvalue weighted by Gasteiger charge is 2.22. The topological polar surface area (TPSA) is 58.1 Å². The van der Waals surface area contributed by atoms with Gasteiger partial charge in [-0.3, -0.25) is 4.79 Å². The molecule has 0 unspecified atom stereocenters. The number of aryl methyl sites for hydroxylation is 2. The Morgan fingerprint density at radius 3 is 2.62 bits per heavy atom. The van der Waals surface area contributed by atoms with Crippen LogP contribution in [0.15, 0.2) is 24.3 Å². The fraction of sp³-hybridized carbons (Fsp3) is 0.476. The minimum Gasteiger partial charge on any atom is -0.370 e. The van der Waals surface area contributed by atoms with Gasteiger partial charge in [0.25, 0.3) is 0 Å². The molecule has 1 N–H and O–H groups in total. The molecule has 1 amide bonds. The quantitative estimate of drug-likeness (QED) is 0.840. The first-order valence-electron chi connectivity index (χ1n) is 9.65. The van der Waals surface area contributed by atoms with E-state index in [2.05, 4.69) is 27.4 Å². The van der Waals surface area contributed by atoms with Crippen molar-refractivity contribution in [3.8, 4) is 0 Å². The van der Waals surface area contributed by atoms with Crippen molar-refractivity contribution in [1.82, 2.24) is 14.9 Å². The maximum atomic E-state index is 12.5. The molecule has 2 aliphatic rings. The molecule has 1 aliphatic carbocycles. The smallest absolute Gasteiger partial charge is 0.223 e. The average Bonchev–Trinajstić information content (AvgIpc) is 3.09. The highest BCUT2D eigenvalue weighted by atomic mass is 16.2. The highest BCUT2D eigenvalue weighted by Crippen LogP contribution is 2.26. The van der Waals surface area contributed by atoms with Crippen molar-refractivity contribution in [1.29, 1.82) is 0 Å². The molecule has 1 aromatic heterocycles. The zero-order valence-electron chi connectivity index (χ0n) is 15.4. The summed E-state index contributed by atoms with van der Waals surface area (Å²) in [6.07, 6.45) is 5.94. The monoisotopic (exact) mass is 350 g/mol. The molecule has 26 heavy (non-hydrogen) atoms. The molecule has 0 radical (unpaired) electrons. The van der Waals surface area contributed by atoms with Crippen LogP contribution in [0.4, 0.5) is 5.82 Å². The maximum Gasteiger partial charge on any atom is 0.223 e. The van der Waals surface area contributed by atoms with Crippen LogP contribution in [0.2, 0.25) is 0 Å². The number of rotatable bonds is 5. The molecule has 4 rings (SSSR count). The SMILES string of the molecule is Cc1nc2c(c(NCCCC(=O)N3Cc4ccccc4C3)n1)CCCC2. The molecule has 136 valence electrons. The van der Waals surface area contributed by atoms with Crippen LogP contribution in [-0.4, -0.2) is 27.3 Å². The van der Waals surface area contributed by atoms with Gasteiger partial charge >= 0.3 is 0 Å². The first-order chi connectivity index (χ1) is 12.7. The molecule has 0 saturated carbocycles. The Bertz CT molecular complexity index is 793. The summed E-state index contributed by atoms with van der Waals surface area (Å²) in [6, 6.07) is 8.32. The lowest BCUT2D eigenvalue weighted by atomic mass is 9.96. The van der Waals surface area contributed by atoms with Crippen LogP contribution in [0, 0.1) is 6.92 Å². The van der Waals surface area contributed by atoms with Gasteiger partial charge in [0.2, 0.25) is 5.91 Å². The molecule has 1 aromatic carbocycles. The van der Waals surface area contributed by atoms with Crippen molar-refractivity contribution < 1.29 is 4.79 Å². The summed E-state index contributed by atoms with van der Waals surface area (Å²) in [7, 11) is 0. The molecule has 2 aromatic rings. The van der Waals surface area contributed by atoms with Crippen molar-refractivity contribution >= 4 is 11.7 Å². The fourth-order valence-electron chi connectivity index (χ4n) is 3.98. The Kier molecular flexibility index (Phi) is 4.87. The molecule has 0 spiro atoms. The molecule has 2 heterocycles. The van der Waals surface area contributed by atoms with Gasteiger partial charge in [-0.05, 0) is 50.2 Å². The van der Waals surface area contributed by atoms with Crippen molar-refractivity contribution in [2.45, 2.75) is 58.5 Å². The maximum absolute atomic E-state index is 12.5. The average molecular weight is 350 g/mol. The van der Waals surface area contributed by atoms with Crippen molar-refractivity contribution in [2.24, 2.45) is 0 Å². The van der Waals surface area contributed by atoms with E-state index in [-0.39, 0.29) is 5.91 Å². The van der Waals surface area contributed by atoms with Gasteiger partial charge in [0.05, 0.1) is 0 Å². The number of aromatic nitrogens is 2. The van der Waals surface area contributed by atoms with Crippen molar-refractivity contribution in [2.75, 3.05) is 11.9 Å². The van der Waals surface area contributed by atoms with Gasteiger partial charge in [-0.2, -0.15) is 0 Å². The number of fused-ring (bicyclic) bond motifs is 2. The van der Waals surface area contributed by atoms with E-state index in [1.54, 1.807) is 0 Å². The lowest BCUT2D eigenvalue weighted by molar-refractivity contribution is -0.131. The van der Waals surface area contributed by atoms with Crippen LogP contribution < -0.4 is 5.32 Å². The lowest BCUT2D eigenvalue weighted by Crippen LogP contribution is -2.25. The third-order valence-corrected chi connectivity index (χ3v) is 5.35. The van der Waals surface area contributed by atoms with Gasteiger partial charge in [-0.1, -0.05) is 24.3 Å². The third-order valence-electron chi connectivity index (χ3n) is 5.35. The molecular weight excluding hydrogens is 324 g/mol. The standard InChI is InChI=1S/C21H26N4O/c1-15-23-19-10-5-4-9-18(19)21(24-15)22-12-6-11-20(26)25-13-16-7-2-3-8-17(16)14-25/h2-3,7-8H,4-6,9-14H2,1H3,(H,22,23,24). The lowest BCUT2D eigenvalue weighted by Gasteiger charge is -2.19. The summed E-state index contributed by atoms with van der Waals surface area (Å²) in [5, 5.41) is 3.45. The Labute approximate surface area is 154 Å². The predicted octanol–water partition coefficient (Wildman–Crippen LogP) is 3.40. The Hall–Kier alpha value is -2.43. The van der Waals surface area contributed by atoms with Crippen LogP contribution in [0.3, 0.4) is 0 Å². The van der Waals surface area contributed by atoms with Crippen molar-refractivity contribution in [3.63, 3.8) is 0 Å². The number of carbonyl (C=O) groups excluding carboxylic acids is 1. The third kappa shape index (κ3) is 3.57. The molecule has 0 saturated heterocycles. The van der Waals surface area contributed by atoms with E-state index in [1.807, 2.05) is 24.0 Å². The fourth-order valence-corrected chi connectivity index (χ4v) is 3.98. The number of nitrogens with zero attached hydrogens (tertiary/aromatic N) is 3. The summed E-state index contributed by atoms with van der Waals surface area (Å²) in [5.74, 6) is 2.05. The minimum atomic E-state index is 0.240. The normalized spacial score (nSPS) is 15.5. The van der Waals surface area contributed by atoms with Crippen LogP contribution in [0.5, 0.6) is 0 Å². The number of amides is 1. The minimum absolute atomic E-state index is 0.240. The van der Waals surface area contributed by atoms with Gasteiger partial charge < -0.3 is 10.2 Å². The van der Waals surface area contributed by atoms with E-state index in [0.717, 1.165) is 50.5 Å². The van der Waals surface area contributed by atoms with Crippen LogP contribution in [0.1, 0.15) is 53.9 Å². The van der Waals surface area contributed by atoms with Gasteiger partial charge in [0, 0.05) is 37.3 Å². The number of hydrogen-bond donors (Lipinski definition) is 1. The molecule has 5 nitrogen and oxygen atoms in total. The summed E-state index contributed by atoms with van der Waals surface area (Å²) >= 11 is 0. The summed E-state index contributed by atoms with van der Waals surface area (Å²) < 4.78 is 0. The van der Waals surface area contributed by atoms with E-state index in [4.69, 9.17) is 0 Å². The van der Waals surface area contributed by atoms with Gasteiger partial charge in [0.1, 0.15) is 11.6 Å². The molecule has 0 bridgehead atoms. The largest absolute Gasteiger partial charge is 0.370 e. The Morgan fingerprint density at radius 2 is 1.85 bits per heavy atom. The van der Waals surface area contributed by atoms with E-state index >= 15 is 0 Å². The van der Waals surface area contributed by atoms with E-state index in [0.29, 0.717) is 6.42 Å². The molecule has 0 fully saturated rings. The first kappa shape index (κ1) is 17.0. The zero-order chi connectivity index (χ0) is 17.9. The van der Waals surface area contributed by atoms with Crippen LogP contribution in [0.25, 0.3) is 0 Å². The van der Waals surface area contributed by atoms with Gasteiger partial charge in [0.15, 0.2) is 0 Å². The number of anilines is 1. The van der Waals surface area contributed by atoms with Crippen LogP contribution in [-0.2, 0) is 30.7 Å². The van der Waals surface area contributed by atoms with Crippen molar-refractivity contribution in [3.05, 3.63) is 52.5 Å². The predicted molar refractivity (Wildman–Crippen MR) is 102 cm³/mol. The summed E-state index contributed by atoms with van der Waals surface area (Å²) in [6.45, 7) is 4.23. The first-order valence-corrected chi connectivity index (χ1v) is 9.65. The Morgan fingerprint density at radius 1 is 1.12 bits per heavy atom. The molecule has 1 aliphatic heterocycles. The summed E-state index contributed by atoms with van der Waals surface area (Å²) in [4.78, 5) is 23.6. The molecular formula is C21H26N4O. The van der Waals surface area contributed by atoms with E-state index in [1.165, 1.54) is 35.2 Å². The second-order valence-corrected chi connectivity index (χ2v) is 7.30. The number of nitrogens with one attached hydrogen (secondary N) is 1. The highest BCUT2D eigenvalue weighted by molar-refractivity contribution is 5.77. The second kappa shape index (κ2) is 7.44. The van der Waals surface area contributed by atoms with E-state index < -0.39 is 0 Å². The van der Waals surface area contributed by atoms with Gasteiger partial charge in [-0.15, -0.1) is 0 Å². The molecule has 0 atom stereocenters. The number of carbonyl (C=O) groups is 1. The van der Waals surface area contributed by atoms with Gasteiger partial charge in [-0.25, -0.2) is 9.97 Å².